The van der Waals surface area contributed by atoms with Gasteiger partial charge in [0.15, 0.2) is 0 Å². The van der Waals surface area contributed by atoms with Gasteiger partial charge in [0.2, 0.25) is 5.91 Å². The number of likely N-dealkylation sites (tertiary alicyclic amines) is 1. The maximum absolute atomic E-state index is 14.1. The number of hydrogen-bond donors (Lipinski definition) is 1. The molecule has 0 aromatic heterocycles. The van der Waals surface area contributed by atoms with Crippen LogP contribution in [0.15, 0.2) is 97.1 Å². The van der Waals surface area contributed by atoms with Gasteiger partial charge in [-0.2, -0.15) is 0 Å². The van der Waals surface area contributed by atoms with Crippen molar-refractivity contribution in [3.05, 3.63) is 131 Å². The van der Waals surface area contributed by atoms with Crippen LogP contribution in [-0.2, 0) is 10.2 Å². The Balaban J connectivity index is 1.35. The second-order valence-corrected chi connectivity index (χ2v) is 11.2. The lowest BCUT2D eigenvalue weighted by Gasteiger charge is -2.42. The molecule has 5 rings (SSSR count). The molecule has 0 spiro atoms. The van der Waals surface area contributed by atoms with Crippen molar-refractivity contribution in [2.24, 2.45) is 5.92 Å². The normalized spacial score (nSPS) is 15.3. The maximum atomic E-state index is 14.1. The molecule has 1 N–H and O–H groups in total. The number of hydrogen-bond acceptors (Lipinski definition) is 2. The highest BCUT2D eigenvalue weighted by Gasteiger charge is 2.44. The van der Waals surface area contributed by atoms with Crippen LogP contribution in [0, 0.1) is 23.4 Å². The van der Waals surface area contributed by atoms with Crippen molar-refractivity contribution in [3.8, 4) is 11.1 Å². The van der Waals surface area contributed by atoms with E-state index in [0.29, 0.717) is 37.1 Å². The summed E-state index contributed by atoms with van der Waals surface area (Å²) in [7, 11) is 0. The molecule has 0 bridgehead atoms. The van der Waals surface area contributed by atoms with Gasteiger partial charge in [-0.1, -0.05) is 62.4 Å². The minimum Gasteiger partial charge on any atom is -0.348 e. The van der Waals surface area contributed by atoms with Crippen molar-refractivity contribution < 1.29 is 22.8 Å². The summed E-state index contributed by atoms with van der Waals surface area (Å²) >= 11 is 0. The number of carbonyl (C=O) groups excluding carboxylic acids is 2. The van der Waals surface area contributed by atoms with E-state index in [1.165, 1.54) is 36.4 Å². The zero-order chi connectivity index (χ0) is 29.9. The molecule has 1 atom stereocenters. The van der Waals surface area contributed by atoms with Crippen molar-refractivity contribution in [1.29, 1.82) is 0 Å². The second-order valence-electron chi connectivity index (χ2n) is 11.2. The molecule has 4 nitrogen and oxygen atoms in total. The van der Waals surface area contributed by atoms with Crippen LogP contribution >= 0.6 is 0 Å². The summed E-state index contributed by atoms with van der Waals surface area (Å²) in [5.74, 6) is -1.36. The third kappa shape index (κ3) is 6.10. The highest BCUT2D eigenvalue weighted by molar-refractivity contribution is 5.95. The predicted molar refractivity (Wildman–Crippen MR) is 157 cm³/mol. The summed E-state index contributed by atoms with van der Waals surface area (Å²) in [5, 5.41) is 3.19. The van der Waals surface area contributed by atoms with Crippen LogP contribution < -0.4 is 5.32 Å². The Morgan fingerprint density at radius 2 is 1.14 bits per heavy atom. The van der Waals surface area contributed by atoms with Crippen LogP contribution in [-0.4, -0.2) is 29.8 Å². The lowest BCUT2D eigenvalue weighted by Crippen LogP contribution is -2.53. The zero-order valence-corrected chi connectivity index (χ0v) is 23.6. The van der Waals surface area contributed by atoms with Gasteiger partial charge in [-0.3, -0.25) is 9.59 Å². The van der Waals surface area contributed by atoms with Gasteiger partial charge in [0.1, 0.15) is 17.5 Å². The summed E-state index contributed by atoms with van der Waals surface area (Å²) in [6.45, 7) is 4.65. The van der Waals surface area contributed by atoms with Crippen molar-refractivity contribution in [3.63, 3.8) is 0 Å². The predicted octanol–water partition coefficient (Wildman–Crippen LogP) is 7.46. The Labute approximate surface area is 244 Å². The first-order valence-corrected chi connectivity index (χ1v) is 14.1. The van der Waals surface area contributed by atoms with Gasteiger partial charge < -0.3 is 10.2 Å². The quantitative estimate of drug-likeness (QED) is 0.251. The molecule has 1 fully saturated rings. The van der Waals surface area contributed by atoms with Crippen LogP contribution in [0.5, 0.6) is 0 Å². The van der Waals surface area contributed by atoms with Crippen LogP contribution in [0.2, 0.25) is 0 Å². The summed E-state index contributed by atoms with van der Waals surface area (Å²) in [6.07, 6.45) is 0.718. The lowest BCUT2D eigenvalue weighted by molar-refractivity contribution is -0.129. The molecule has 1 aliphatic heterocycles. The molecule has 1 heterocycles. The first-order valence-electron chi connectivity index (χ1n) is 14.1. The molecule has 2 amide bonds. The van der Waals surface area contributed by atoms with Crippen molar-refractivity contribution in [2.45, 2.75) is 38.1 Å². The van der Waals surface area contributed by atoms with Crippen LogP contribution in [0.3, 0.4) is 0 Å². The summed E-state index contributed by atoms with van der Waals surface area (Å²) in [6, 6.07) is 25.1. The Kier molecular flexibility index (Phi) is 8.48. The average Bonchev–Trinajstić information content (AvgIpc) is 3.00. The van der Waals surface area contributed by atoms with Crippen molar-refractivity contribution in [1.82, 2.24) is 10.2 Å². The second kappa shape index (κ2) is 12.2. The molecule has 7 heteroatoms. The molecule has 0 saturated carbocycles. The first kappa shape index (κ1) is 29.1. The van der Waals surface area contributed by atoms with Gasteiger partial charge in [-0.05, 0) is 89.5 Å². The van der Waals surface area contributed by atoms with Gasteiger partial charge in [0, 0.05) is 18.7 Å². The van der Waals surface area contributed by atoms with Gasteiger partial charge >= 0.3 is 0 Å². The fourth-order valence-electron chi connectivity index (χ4n) is 5.72. The number of amides is 2. The number of benzene rings is 4. The molecule has 4 aromatic carbocycles. The number of rotatable bonds is 7. The molecule has 1 aliphatic rings. The topological polar surface area (TPSA) is 49.4 Å². The number of piperidine rings is 1. The molecule has 42 heavy (non-hydrogen) atoms. The third-order valence-corrected chi connectivity index (χ3v) is 8.23. The standard InChI is InChI=1S/C35H33F3N2O2/c1-23(2)32(26-9-15-30(37)16-10-26)39-34(42)35(28-11-17-31(38)18-12-28)19-21-40(22-20-35)33(41)27-5-3-24(4-6-27)25-7-13-29(36)14-8-25/h3-18,23,32H,19-22H2,1-2H3,(H,39,42). The van der Waals surface area contributed by atoms with Gasteiger partial charge in [0.05, 0.1) is 11.5 Å². The molecule has 216 valence electrons. The lowest BCUT2D eigenvalue weighted by atomic mass is 9.71. The number of halogens is 3. The van der Waals surface area contributed by atoms with E-state index in [9.17, 15) is 22.8 Å². The van der Waals surface area contributed by atoms with E-state index in [1.54, 1.807) is 53.4 Å². The Hall–Kier alpha value is -4.39. The molecule has 4 aromatic rings. The van der Waals surface area contributed by atoms with Crippen molar-refractivity contribution in [2.75, 3.05) is 13.1 Å². The Morgan fingerprint density at radius 1 is 0.690 bits per heavy atom. The van der Waals surface area contributed by atoms with Gasteiger partial charge in [-0.25, -0.2) is 13.2 Å². The third-order valence-electron chi connectivity index (χ3n) is 8.23. The maximum Gasteiger partial charge on any atom is 0.253 e. The van der Waals surface area contributed by atoms with Gasteiger partial charge in [-0.15, -0.1) is 0 Å². The van der Waals surface area contributed by atoms with Crippen LogP contribution in [0.1, 0.15) is 54.2 Å². The minimum absolute atomic E-state index is 0.0317. The number of nitrogens with one attached hydrogen (secondary N) is 1. The fraction of sp³-hybridized carbons (Fsp3) is 0.257. The van der Waals surface area contributed by atoms with E-state index in [4.69, 9.17) is 0 Å². The monoisotopic (exact) mass is 570 g/mol. The van der Waals surface area contributed by atoms with E-state index in [2.05, 4.69) is 5.32 Å². The molecule has 0 aliphatic carbocycles. The summed E-state index contributed by atoms with van der Waals surface area (Å²) in [5.41, 5.74) is 2.77. The smallest absolute Gasteiger partial charge is 0.253 e. The SMILES string of the molecule is CC(C)C(NC(=O)C1(c2ccc(F)cc2)CCN(C(=O)c2ccc(-c3ccc(F)cc3)cc2)CC1)c1ccc(F)cc1. The summed E-state index contributed by atoms with van der Waals surface area (Å²) in [4.78, 5) is 29.3. The van der Waals surface area contributed by atoms with Gasteiger partial charge in [0.25, 0.3) is 5.91 Å². The fourth-order valence-corrected chi connectivity index (χ4v) is 5.72. The zero-order valence-electron chi connectivity index (χ0n) is 23.6. The Bertz CT molecular complexity index is 1530. The Morgan fingerprint density at radius 3 is 1.64 bits per heavy atom. The molecule has 1 saturated heterocycles. The number of nitrogens with zero attached hydrogens (tertiary/aromatic N) is 1. The van der Waals surface area contributed by atoms with Crippen LogP contribution in [0.4, 0.5) is 13.2 Å². The molecule has 0 radical (unpaired) electrons. The van der Waals surface area contributed by atoms with E-state index >= 15 is 0 Å². The number of carbonyl (C=O) groups is 2. The highest BCUT2D eigenvalue weighted by Crippen LogP contribution is 2.38. The van der Waals surface area contributed by atoms with E-state index in [0.717, 1.165) is 16.7 Å². The van der Waals surface area contributed by atoms with E-state index in [1.807, 2.05) is 26.0 Å². The summed E-state index contributed by atoms with van der Waals surface area (Å²) < 4.78 is 40.7. The molecule has 1 unspecified atom stereocenters. The van der Waals surface area contributed by atoms with E-state index < -0.39 is 11.2 Å². The van der Waals surface area contributed by atoms with Crippen molar-refractivity contribution >= 4 is 11.8 Å². The van der Waals surface area contributed by atoms with E-state index in [-0.39, 0.29) is 35.4 Å². The highest BCUT2D eigenvalue weighted by atomic mass is 19.1. The largest absolute Gasteiger partial charge is 0.348 e. The minimum atomic E-state index is -0.968. The average molecular weight is 571 g/mol. The molecular weight excluding hydrogens is 537 g/mol. The van der Waals surface area contributed by atoms with Crippen LogP contribution in [0.25, 0.3) is 11.1 Å². The first-order chi connectivity index (χ1) is 20.2. The molecular formula is C35H33F3N2O2.